The fraction of sp³-hybridized carbons (Fsp3) is 0.333. The minimum absolute atomic E-state index is 0.758. The van der Waals surface area contributed by atoms with E-state index in [9.17, 15) is 0 Å². The summed E-state index contributed by atoms with van der Waals surface area (Å²) in [5.74, 6) is 0. The highest BCUT2D eigenvalue weighted by Crippen LogP contribution is 2.17. The summed E-state index contributed by atoms with van der Waals surface area (Å²) in [5, 5.41) is 4.36. The van der Waals surface area contributed by atoms with Crippen LogP contribution in [0.25, 0.3) is 0 Å². The molecule has 0 atom stereocenters. The van der Waals surface area contributed by atoms with Gasteiger partial charge in [0.1, 0.15) is 0 Å². The lowest BCUT2D eigenvalue weighted by atomic mass is 10.3. The first kappa shape index (κ1) is 9.21. The van der Waals surface area contributed by atoms with Gasteiger partial charge in [0.05, 0.1) is 23.6 Å². The van der Waals surface area contributed by atoms with Crippen LogP contribution in [0.1, 0.15) is 16.3 Å². The molecule has 4 nitrogen and oxygen atoms in total. The zero-order chi connectivity index (χ0) is 10.1. The largest absolute Gasteiger partial charge is 0.396 e. The molecule has 0 unspecified atom stereocenters. The maximum absolute atomic E-state index is 5.84. The Bertz CT molecular complexity index is 430. The van der Waals surface area contributed by atoms with Crippen molar-refractivity contribution in [1.82, 2.24) is 14.2 Å². The van der Waals surface area contributed by atoms with Gasteiger partial charge in [-0.25, -0.2) is 4.37 Å². The summed E-state index contributed by atoms with van der Waals surface area (Å²) in [6, 6.07) is 2.00. The Hall–Kier alpha value is -1.36. The molecule has 0 spiro atoms. The van der Waals surface area contributed by atoms with Crippen molar-refractivity contribution in [3.63, 3.8) is 0 Å². The van der Waals surface area contributed by atoms with Gasteiger partial charge in [0.15, 0.2) is 0 Å². The molecule has 2 N–H and O–H groups in total. The highest BCUT2D eigenvalue weighted by atomic mass is 32.1. The average Bonchev–Trinajstić information content (AvgIpc) is 2.73. The molecule has 0 bridgehead atoms. The van der Waals surface area contributed by atoms with E-state index in [0.29, 0.717) is 0 Å². The van der Waals surface area contributed by atoms with Gasteiger partial charge in [0.25, 0.3) is 0 Å². The molecule has 2 aromatic heterocycles. The molecule has 5 heteroatoms. The predicted molar refractivity (Wildman–Crippen MR) is 57.3 cm³/mol. The van der Waals surface area contributed by atoms with Crippen molar-refractivity contribution < 1.29 is 0 Å². The molecule has 2 heterocycles. The molecular weight excluding hydrogens is 196 g/mol. The maximum Gasteiger partial charge on any atom is 0.0826 e. The van der Waals surface area contributed by atoms with E-state index in [-0.39, 0.29) is 0 Å². The van der Waals surface area contributed by atoms with E-state index in [1.165, 1.54) is 16.4 Å². The Morgan fingerprint density at radius 3 is 2.79 bits per heavy atom. The van der Waals surface area contributed by atoms with Gasteiger partial charge >= 0.3 is 0 Å². The van der Waals surface area contributed by atoms with E-state index in [2.05, 4.69) is 9.47 Å². The van der Waals surface area contributed by atoms with Crippen molar-refractivity contribution in [2.45, 2.75) is 20.4 Å². The fourth-order valence-electron chi connectivity index (χ4n) is 1.34. The van der Waals surface area contributed by atoms with Gasteiger partial charge in [-0.3, -0.25) is 4.68 Å². The van der Waals surface area contributed by atoms with Gasteiger partial charge in [-0.15, -0.1) is 0 Å². The van der Waals surface area contributed by atoms with Crippen molar-refractivity contribution in [3.8, 4) is 0 Å². The van der Waals surface area contributed by atoms with Gasteiger partial charge in [0, 0.05) is 11.1 Å². The number of nitrogen functional groups attached to an aromatic ring is 1. The minimum atomic E-state index is 0.758. The van der Waals surface area contributed by atoms with Crippen LogP contribution in [0.3, 0.4) is 0 Å². The zero-order valence-electron chi connectivity index (χ0n) is 8.19. The number of anilines is 1. The first-order chi connectivity index (χ1) is 6.68. The third-order valence-corrected chi connectivity index (χ3v) is 2.96. The molecule has 0 aliphatic heterocycles. The topological polar surface area (TPSA) is 56.7 Å². The summed E-state index contributed by atoms with van der Waals surface area (Å²) < 4.78 is 5.96. The standard InChI is InChI=1S/C9H12N4S/c1-6-9(10)7(2)13(12-6)5-8-3-4-11-14-8/h3-4H,5,10H2,1-2H3. The van der Waals surface area contributed by atoms with Crippen LogP contribution in [-0.4, -0.2) is 14.2 Å². The normalized spacial score (nSPS) is 10.7. The third kappa shape index (κ3) is 1.50. The number of nitrogens with two attached hydrogens (primary N) is 1. The van der Waals surface area contributed by atoms with Gasteiger partial charge < -0.3 is 5.73 Å². The van der Waals surface area contributed by atoms with E-state index in [0.717, 1.165) is 23.6 Å². The van der Waals surface area contributed by atoms with Crippen molar-refractivity contribution in [2.75, 3.05) is 5.73 Å². The van der Waals surface area contributed by atoms with Crippen LogP contribution in [-0.2, 0) is 6.54 Å². The number of hydrogen-bond donors (Lipinski definition) is 1. The van der Waals surface area contributed by atoms with Crippen molar-refractivity contribution in [3.05, 3.63) is 28.5 Å². The van der Waals surface area contributed by atoms with Gasteiger partial charge in [-0.2, -0.15) is 5.10 Å². The van der Waals surface area contributed by atoms with E-state index in [4.69, 9.17) is 5.73 Å². The Balaban J connectivity index is 2.30. The second kappa shape index (κ2) is 3.42. The Kier molecular flexibility index (Phi) is 2.25. The molecule has 0 saturated carbocycles. The van der Waals surface area contributed by atoms with Crippen LogP contribution in [0.15, 0.2) is 12.3 Å². The molecule has 0 amide bonds. The van der Waals surface area contributed by atoms with Crippen LogP contribution in [0.2, 0.25) is 0 Å². The highest BCUT2D eigenvalue weighted by Gasteiger charge is 2.08. The van der Waals surface area contributed by atoms with E-state index in [1.54, 1.807) is 6.20 Å². The molecule has 0 aliphatic rings. The number of aromatic nitrogens is 3. The van der Waals surface area contributed by atoms with Crippen LogP contribution in [0.5, 0.6) is 0 Å². The van der Waals surface area contributed by atoms with Gasteiger partial charge in [0.2, 0.25) is 0 Å². The van der Waals surface area contributed by atoms with Gasteiger partial charge in [-0.1, -0.05) is 0 Å². The van der Waals surface area contributed by atoms with E-state index >= 15 is 0 Å². The SMILES string of the molecule is Cc1nn(Cc2ccns2)c(C)c1N. The number of rotatable bonds is 2. The number of aryl methyl sites for hydroxylation is 1. The second-order valence-electron chi connectivity index (χ2n) is 3.22. The summed E-state index contributed by atoms with van der Waals surface area (Å²) in [6.07, 6.45) is 1.80. The molecule has 0 fully saturated rings. The first-order valence-corrected chi connectivity index (χ1v) is 5.15. The van der Waals surface area contributed by atoms with Crippen LogP contribution < -0.4 is 5.73 Å². The van der Waals surface area contributed by atoms with E-state index < -0.39 is 0 Å². The van der Waals surface area contributed by atoms with Crippen molar-refractivity contribution >= 4 is 17.2 Å². The lowest BCUT2D eigenvalue weighted by molar-refractivity contribution is 0.666. The Morgan fingerprint density at radius 1 is 1.50 bits per heavy atom. The smallest absolute Gasteiger partial charge is 0.0826 e. The predicted octanol–water partition coefficient (Wildman–Crippen LogP) is 1.59. The molecular formula is C9H12N4S. The molecule has 14 heavy (non-hydrogen) atoms. The molecule has 0 saturated heterocycles. The highest BCUT2D eigenvalue weighted by molar-refractivity contribution is 7.05. The summed E-state index contributed by atoms with van der Waals surface area (Å²) in [4.78, 5) is 1.19. The van der Waals surface area contributed by atoms with Crippen LogP contribution in [0.4, 0.5) is 5.69 Å². The van der Waals surface area contributed by atoms with Crippen molar-refractivity contribution in [1.29, 1.82) is 0 Å². The molecule has 2 rings (SSSR count). The quantitative estimate of drug-likeness (QED) is 0.815. The molecule has 0 aromatic carbocycles. The monoisotopic (exact) mass is 208 g/mol. The van der Waals surface area contributed by atoms with E-state index in [1.807, 2.05) is 24.6 Å². The van der Waals surface area contributed by atoms with Crippen LogP contribution in [0, 0.1) is 13.8 Å². The van der Waals surface area contributed by atoms with Crippen molar-refractivity contribution in [2.24, 2.45) is 0 Å². The molecule has 0 aliphatic carbocycles. The Morgan fingerprint density at radius 2 is 2.29 bits per heavy atom. The fourth-order valence-corrected chi connectivity index (χ4v) is 1.89. The minimum Gasteiger partial charge on any atom is -0.396 e. The number of nitrogens with zero attached hydrogens (tertiary/aromatic N) is 3. The maximum atomic E-state index is 5.84. The molecule has 0 radical (unpaired) electrons. The third-order valence-electron chi connectivity index (χ3n) is 2.23. The number of hydrogen-bond acceptors (Lipinski definition) is 4. The average molecular weight is 208 g/mol. The molecule has 2 aromatic rings. The summed E-state index contributed by atoms with van der Waals surface area (Å²) in [5.41, 5.74) is 8.54. The summed E-state index contributed by atoms with van der Waals surface area (Å²) >= 11 is 1.49. The molecule has 74 valence electrons. The lowest BCUT2D eigenvalue weighted by Crippen LogP contribution is -2.02. The first-order valence-electron chi connectivity index (χ1n) is 4.37. The lowest BCUT2D eigenvalue weighted by Gasteiger charge is -2.00. The second-order valence-corrected chi connectivity index (χ2v) is 4.14. The summed E-state index contributed by atoms with van der Waals surface area (Å²) in [7, 11) is 0. The van der Waals surface area contributed by atoms with Crippen LogP contribution >= 0.6 is 11.5 Å². The zero-order valence-corrected chi connectivity index (χ0v) is 9.01. The Labute approximate surface area is 86.5 Å². The summed E-state index contributed by atoms with van der Waals surface area (Å²) in [6.45, 7) is 4.66. The van der Waals surface area contributed by atoms with Gasteiger partial charge in [-0.05, 0) is 31.4 Å².